The molecule has 1 aromatic carbocycles. The molecule has 0 aromatic heterocycles. The van der Waals surface area contributed by atoms with E-state index in [9.17, 15) is 0 Å². The lowest BCUT2D eigenvalue weighted by Crippen LogP contribution is -1.89. The van der Waals surface area contributed by atoms with Crippen LogP contribution in [0.15, 0.2) is 34.3 Å². The summed E-state index contributed by atoms with van der Waals surface area (Å²) in [6.45, 7) is 0. The lowest BCUT2D eigenvalue weighted by Gasteiger charge is -1.97. The van der Waals surface area contributed by atoms with Crippen molar-refractivity contribution >= 4 is 28.5 Å². The van der Waals surface area contributed by atoms with Gasteiger partial charge >= 0.3 is 0 Å². The van der Waals surface area contributed by atoms with E-state index >= 15 is 0 Å². The van der Waals surface area contributed by atoms with Crippen molar-refractivity contribution in [1.29, 1.82) is 0 Å². The van der Waals surface area contributed by atoms with Crippen molar-refractivity contribution < 1.29 is 5.21 Å². The first kappa shape index (κ1) is 9.42. The fourth-order valence-corrected chi connectivity index (χ4v) is 1.32. The van der Waals surface area contributed by atoms with Crippen LogP contribution in [-0.4, -0.2) is 16.6 Å². The van der Waals surface area contributed by atoms with Crippen molar-refractivity contribution in [3.63, 3.8) is 0 Å². The Balaban J connectivity index is 2.92. The maximum Gasteiger partial charge on any atom is 0.175 e. The van der Waals surface area contributed by atoms with Crippen LogP contribution in [0.2, 0.25) is 0 Å². The number of halogens is 1. The monoisotopic (exact) mass is 201 g/mol. The topological polar surface area (TPSA) is 32.6 Å². The average Bonchev–Trinajstić information content (AvgIpc) is 2.17. The van der Waals surface area contributed by atoms with Gasteiger partial charge in [-0.1, -0.05) is 28.9 Å². The molecule has 12 heavy (non-hydrogen) atoms. The second-order valence-corrected chi connectivity index (χ2v) is 3.36. The normalized spacial score (nSPS) is 11.7. The Hall–Kier alpha value is -0.670. The van der Waals surface area contributed by atoms with E-state index in [1.165, 1.54) is 0 Å². The Labute approximate surface area is 80.2 Å². The molecule has 1 rings (SSSR count). The molecule has 2 nitrogen and oxygen atoms in total. The van der Waals surface area contributed by atoms with Crippen LogP contribution >= 0.6 is 23.4 Å². The zero-order valence-corrected chi connectivity index (χ0v) is 8.06. The van der Waals surface area contributed by atoms with Crippen LogP contribution in [-0.2, 0) is 0 Å². The predicted octanol–water partition coefficient (Wildman–Crippen LogP) is 2.78. The molecule has 0 amide bonds. The molecular weight excluding hydrogens is 194 g/mol. The predicted molar refractivity (Wildman–Crippen MR) is 52.4 cm³/mol. The fourth-order valence-electron chi connectivity index (χ4n) is 0.786. The molecule has 4 heteroatoms. The number of hydrogen-bond acceptors (Lipinski definition) is 3. The molecule has 0 bridgehead atoms. The number of nitrogens with zero attached hydrogens (tertiary/aromatic N) is 1. The van der Waals surface area contributed by atoms with E-state index in [-0.39, 0.29) is 5.17 Å². The molecule has 1 N–H and O–H groups in total. The summed E-state index contributed by atoms with van der Waals surface area (Å²) >= 11 is 7.23. The van der Waals surface area contributed by atoms with Gasteiger partial charge in [0.15, 0.2) is 5.17 Å². The molecule has 0 aliphatic carbocycles. The Morgan fingerprint density at radius 3 is 2.42 bits per heavy atom. The Morgan fingerprint density at radius 2 is 2.00 bits per heavy atom. The van der Waals surface area contributed by atoms with Gasteiger partial charge in [-0.2, -0.15) is 0 Å². The fraction of sp³-hybridized carbons (Fsp3) is 0.125. The zero-order chi connectivity index (χ0) is 8.97. The van der Waals surface area contributed by atoms with Crippen LogP contribution in [0.5, 0.6) is 0 Å². The third-order valence-electron chi connectivity index (χ3n) is 1.42. The Kier molecular flexibility index (Phi) is 3.44. The first-order valence-corrected chi connectivity index (χ1v) is 4.90. The molecule has 0 aliphatic heterocycles. The summed E-state index contributed by atoms with van der Waals surface area (Å²) in [4.78, 5) is 1.15. The first-order valence-electron chi connectivity index (χ1n) is 3.30. The second-order valence-electron chi connectivity index (χ2n) is 2.12. The maximum atomic E-state index is 8.37. The van der Waals surface area contributed by atoms with E-state index in [2.05, 4.69) is 5.16 Å². The van der Waals surface area contributed by atoms with Gasteiger partial charge in [-0.05, 0) is 18.4 Å². The molecule has 0 saturated heterocycles. The summed E-state index contributed by atoms with van der Waals surface area (Å²) in [5.74, 6) is 0. The van der Waals surface area contributed by atoms with Crippen molar-refractivity contribution in [3.8, 4) is 0 Å². The molecule has 0 spiro atoms. The van der Waals surface area contributed by atoms with E-state index < -0.39 is 0 Å². The average molecular weight is 202 g/mol. The highest BCUT2D eigenvalue weighted by molar-refractivity contribution is 7.98. The summed E-state index contributed by atoms with van der Waals surface area (Å²) in [6.07, 6.45) is 2.00. The van der Waals surface area contributed by atoms with E-state index in [0.29, 0.717) is 0 Å². The SMILES string of the molecule is CSc1ccc(/C(Cl)=N\O)cc1. The van der Waals surface area contributed by atoms with Gasteiger partial charge in [0.1, 0.15) is 0 Å². The highest BCUT2D eigenvalue weighted by atomic mass is 35.5. The van der Waals surface area contributed by atoms with E-state index in [1.54, 1.807) is 11.8 Å². The van der Waals surface area contributed by atoms with E-state index in [4.69, 9.17) is 16.8 Å². The molecule has 0 aliphatic rings. The van der Waals surface area contributed by atoms with E-state index in [1.807, 2.05) is 30.5 Å². The lowest BCUT2D eigenvalue weighted by atomic mass is 10.2. The van der Waals surface area contributed by atoms with Crippen molar-refractivity contribution in [3.05, 3.63) is 29.8 Å². The minimum absolute atomic E-state index is 0.114. The molecule has 0 saturated carbocycles. The summed E-state index contributed by atoms with van der Waals surface area (Å²) < 4.78 is 0. The van der Waals surface area contributed by atoms with Crippen LogP contribution in [0.25, 0.3) is 0 Å². The van der Waals surface area contributed by atoms with Crippen LogP contribution in [0.1, 0.15) is 5.56 Å². The summed E-state index contributed by atoms with van der Waals surface area (Å²) in [5, 5.41) is 11.4. The standard InChI is InChI=1S/C8H8ClNOS/c1-12-7-4-2-6(3-5-7)8(9)10-11/h2-5,11H,1H3/b10-8+. The van der Waals surface area contributed by atoms with Gasteiger partial charge in [-0.25, -0.2) is 0 Å². The molecule has 1 aromatic rings. The van der Waals surface area contributed by atoms with Crippen LogP contribution < -0.4 is 0 Å². The molecule has 0 heterocycles. The maximum absolute atomic E-state index is 8.37. The summed E-state index contributed by atoms with van der Waals surface area (Å²) in [5.41, 5.74) is 0.719. The minimum Gasteiger partial charge on any atom is -0.410 e. The third-order valence-corrected chi connectivity index (χ3v) is 2.45. The molecule has 0 fully saturated rings. The van der Waals surface area contributed by atoms with Crippen molar-refractivity contribution in [1.82, 2.24) is 0 Å². The molecule has 0 radical (unpaired) electrons. The van der Waals surface area contributed by atoms with Gasteiger partial charge in [0, 0.05) is 10.5 Å². The Morgan fingerprint density at radius 1 is 1.42 bits per heavy atom. The molecular formula is C8H8ClNOS. The van der Waals surface area contributed by atoms with Gasteiger partial charge in [-0.3, -0.25) is 0 Å². The third kappa shape index (κ3) is 2.16. The van der Waals surface area contributed by atoms with Gasteiger partial charge in [-0.15, -0.1) is 11.8 Å². The number of benzene rings is 1. The molecule has 0 atom stereocenters. The molecule has 64 valence electrons. The number of rotatable bonds is 2. The quantitative estimate of drug-likeness (QED) is 0.346. The lowest BCUT2D eigenvalue weighted by molar-refractivity contribution is 0.321. The second kappa shape index (κ2) is 4.38. The smallest absolute Gasteiger partial charge is 0.175 e. The van der Waals surface area contributed by atoms with Crippen LogP contribution in [0, 0.1) is 0 Å². The summed E-state index contributed by atoms with van der Waals surface area (Å²) in [6, 6.07) is 7.48. The highest BCUT2D eigenvalue weighted by Gasteiger charge is 1.98. The molecule has 0 unspecified atom stereocenters. The van der Waals surface area contributed by atoms with Crippen molar-refractivity contribution in [2.75, 3.05) is 6.26 Å². The van der Waals surface area contributed by atoms with Gasteiger partial charge in [0.2, 0.25) is 0 Å². The highest BCUT2D eigenvalue weighted by Crippen LogP contribution is 2.15. The number of hydrogen-bond donors (Lipinski definition) is 1. The largest absolute Gasteiger partial charge is 0.410 e. The van der Waals surface area contributed by atoms with E-state index in [0.717, 1.165) is 10.5 Å². The Bertz CT molecular complexity index is 284. The number of oxime groups is 1. The first-order chi connectivity index (χ1) is 5.77. The van der Waals surface area contributed by atoms with Gasteiger partial charge in [0.25, 0.3) is 0 Å². The van der Waals surface area contributed by atoms with Gasteiger partial charge < -0.3 is 5.21 Å². The van der Waals surface area contributed by atoms with Gasteiger partial charge in [0.05, 0.1) is 0 Å². The van der Waals surface area contributed by atoms with Crippen molar-refractivity contribution in [2.24, 2.45) is 5.16 Å². The van der Waals surface area contributed by atoms with Crippen LogP contribution in [0.3, 0.4) is 0 Å². The number of thioether (sulfide) groups is 1. The minimum atomic E-state index is 0.114. The van der Waals surface area contributed by atoms with Crippen molar-refractivity contribution in [2.45, 2.75) is 4.90 Å². The summed E-state index contributed by atoms with van der Waals surface area (Å²) in [7, 11) is 0. The zero-order valence-electron chi connectivity index (χ0n) is 6.49. The van der Waals surface area contributed by atoms with Crippen LogP contribution in [0.4, 0.5) is 0 Å².